The second-order valence-corrected chi connectivity index (χ2v) is 9.03. The quantitative estimate of drug-likeness (QED) is 0.536. The first-order valence-corrected chi connectivity index (χ1v) is 11.2. The highest BCUT2D eigenvalue weighted by atomic mass is 19.1. The van der Waals surface area contributed by atoms with Crippen molar-refractivity contribution in [3.63, 3.8) is 0 Å². The Morgan fingerprint density at radius 2 is 1.69 bits per heavy atom. The van der Waals surface area contributed by atoms with Crippen LogP contribution in [0.15, 0.2) is 48.5 Å². The lowest BCUT2D eigenvalue weighted by Crippen LogP contribution is -2.49. The summed E-state index contributed by atoms with van der Waals surface area (Å²) in [4.78, 5) is 27.1. The van der Waals surface area contributed by atoms with E-state index < -0.39 is 6.04 Å². The van der Waals surface area contributed by atoms with E-state index >= 15 is 0 Å². The molecule has 1 N–H and O–H groups in total. The van der Waals surface area contributed by atoms with Crippen LogP contribution in [0.2, 0.25) is 0 Å². The minimum Gasteiger partial charge on any atom is -0.484 e. The van der Waals surface area contributed by atoms with Crippen LogP contribution in [0.5, 0.6) is 5.75 Å². The average Bonchev–Trinajstić information content (AvgIpc) is 2.76. The van der Waals surface area contributed by atoms with Crippen molar-refractivity contribution in [1.82, 2.24) is 10.2 Å². The molecule has 0 bridgehead atoms. The van der Waals surface area contributed by atoms with Gasteiger partial charge in [-0.2, -0.15) is 0 Å². The van der Waals surface area contributed by atoms with Crippen molar-refractivity contribution in [2.24, 2.45) is 0 Å². The van der Waals surface area contributed by atoms with Crippen molar-refractivity contribution in [3.05, 3.63) is 65.5 Å². The molecule has 5 nitrogen and oxygen atoms in total. The second-order valence-electron chi connectivity index (χ2n) is 9.03. The van der Waals surface area contributed by atoms with Crippen molar-refractivity contribution in [2.45, 2.75) is 65.5 Å². The van der Waals surface area contributed by atoms with Gasteiger partial charge in [0, 0.05) is 13.1 Å². The number of unbranched alkanes of at least 4 members (excludes halogenated alkanes) is 1. The van der Waals surface area contributed by atoms with Crippen LogP contribution >= 0.6 is 0 Å². The Labute approximate surface area is 191 Å². The van der Waals surface area contributed by atoms with E-state index in [0.29, 0.717) is 12.3 Å². The summed E-state index contributed by atoms with van der Waals surface area (Å²) in [5.41, 5.74) is 1.94. The van der Waals surface area contributed by atoms with Crippen molar-refractivity contribution >= 4 is 11.8 Å². The van der Waals surface area contributed by atoms with Crippen LogP contribution in [-0.2, 0) is 21.5 Å². The molecule has 1 atom stereocenters. The normalized spacial score (nSPS) is 12.2. The summed E-state index contributed by atoms with van der Waals surface area (Å²) in [5.74, 6) is -0.289. The molecule has 0 aromatic heterocycles. The van der Waals surface area contributed by atoms with E-state index in [1.807, 2.05) is 31.2 Å². The predicted molar refractivity (Wildman–Crippen MR) is 125 cm³/mol. The van der Waals surface area contributed by atoms with Gasteiger partial charge in [-0.3, -0.25) is 9.59 Å². The van der Waals surface area contributed by atoms with Crippen molar-refractivity contribution < 1.29 is 18.7 Å². The Bertz CT molecular complexity index is 873. The molecule has 1 unspecified atom stereocenters. The molecule has 0 aliphatic carbocycles. The topological polar surface area (TPSA) is 58.6 Å². The van der Waals surface area contributed by atoms with Gasteiger partial charge >= 0.3 is 0 Å². The van der Waals surface area contributed by atoms with E-state index in [4.69, 9.17) is 4.74 Å². The molecule has 0 radical (unpaired) electrons. The van der Waals surface area contributed by atoms with Crippen LogP contribution in [0.25, 0.3) is 0 Å². The predicted octanol–water partition coefficient (Wildman–Crippen LogP) is 4.84. The van der Waals surface area contributed by atoms with Crippen molar-refractivity contribution in [3.8, 4) is 5.75 Å². The summed E-state index contributed by atoms with van der Waals surface area (Å²) in [5, 5.41) is 2.87. The lowest BCUT2D eigenvalue weighted by atomic mass is 9.87. The molecule has 0 aliphatic rings. The van der Waals surface area contributed by atoms with E-state index in [1.165, 1.54) is 22.6 Å². The number of hydrogen-bond donors (Lipinski definition) is 1. The van der Waals surface area contributed by atoms with Crippen LogP contribution in [0.3, 0.4) is 0 Å². The summed E-state index contributed by atoms with van der Waals surface area (Å²) in [6.07, 6.45) is 1.84. The lowest BCUT2D eigenvalue weighted by molar-refractivity contribution is -0.142. The Hall–Kier alpha value is -2.89. The van der Waals surface area contributed by atoms with Gasteiger partial charge in [-0.05, 0) is 54.2 Å². The van der Waals surface area contributed by atoms with Gasteiger partial charge in [0.15, 0.2) is 6.61 Å². The number of halogens is 1. The fraction of sp³-hybridized carbons (Fsp3) is 0.462. The number of carbonyl (C=O) groups is 2. The number of nitrogens with one attached hydrogen (secondary N) is 1. The van der Waals surface area contributed by atoms with Gasteiger partial charge in [0.2, 0.25) is 5.91 Å². The average molecular weight is 443 g/mol. The summed E-state index contributed by atoms with van der Waals surface area (Å²) < 4.78 is 19.0. The van der Waals surface area contributed by atoms with Crippen molar-refractivity contribution in [2.75, 3.05) is 13.2 Å². The van der Waals surface area contributed by atoms with E-state index in [-0.39, 0.29) is 36.2 Å². The van der Waals surface area contributed by atoms with E-state index in [9.17, 15) is 14.0 Å². The number of rotatable bonds is 10. The summed E-state index contributed by atoms with van der Waals surface area (Å²) in [6.45, 7) is 10.7. The minimum atomic E-state index is -0.684. The van der Waals surface area contributed by atoms with Crippen LogP contribution < -0.4 is 10.1 Å². The summed E-state index contributed by atoms with van der Waals surface area (Å²) in [7, 11) is 0. The minimum absolute atomic E-state index is 0.0286. The van der Waals surface area contributed by atoms with Crippen LogP contribution in [0, 0.1) is 5.82 Å². The van der Waals surface area contributed by atoms with E-state index in [1.54, 1.807) is 19.1 Å². The molecule has 0 fully saturated rings. The largest absolute Gasteiger partial charge is 0.484 e. The Balaban J connectivity index is 2.09. The molecule has 2 aromatic rings. The standard InChI is InChI=1S/C26H35FN2O3/c1-6-7-16-28-25(31)19(2)29(17-20-8-12-22(27)13-9-20)24(30)18-32-23-14-10-21(11-15-23)26(3,4)5/h8-15,19H,6-7,16-18H2,1-5H3,(H,28,31). The van der Waals surface area contributed by atoms with E-state index in [2.05, 4.69) is 26.1 Å². The zero-order valence-electron chi connectivity index (χ0n) is 19.8. The first kappa shape index (κ1) is 25.4. The lowest BCUT2D eigenvalue weighted by Gasteiger charge is -2.29. The van der Waals surface area contributed by atoms with E-state index in [0.717, 1.165) is 18.4 Å². The number of ether oxygens (including phenoxy) is 1. The molecule has 6 heteroatoms. The number of amides is 2. The molecule has 0 heterocycles. The monoisotopic (exact) mass is 442 g/mol. The zero-order valence-corrected chi connectivity index (χ0v) is 19.8. The molecule has 2 amide bonds. The van der Waals surface area contributed by atoms with Gasteiger partial charge in [0.05, 0.1) is 0 Å². The second kappa shape index (κ2) is 11.7. The molecule has 0 spiro atoms. The number of nitrogens with zero attached hydrogens (tertiary/aromatic N) is 1. The molecule has 2 aromatic carbocycles. The van der Waals surface area contributed by atoms with Crippen molar-refractivity contribution in [1.29, 1.82) is 0 Å². The Morgan fingerprint density at radius 1 is 1.06 bits per heavy atom. The van der Waals surface area contributed by atoms with Gasteiger partial charge < -0.3 is 15.0 Å². The smallest absolute Gasteiger partial charge is 0.261 e. The fourth-order valence-corrected chi connectivity index (χ4v) is 3.18. The molecular weight excluding hydrogens is 407 g/mol. The highest BCUT2D eigenvalue weighted by Gasteiger charge is 2.26. The van der Waals surface area contributed by atoms with Gasteiger partial charge in [-0.25, -0.2) is 4.39 Å². The molecule has 2 rings (SSSR count). The van der Waals surface area contributed by atoms with Crippen LogP contribution in [-0.4, -0.2) is 35.9 Å². The molecule has 0 aliphatic heterocycles. The molecule has 0 saturated heterocycles. The Morgan fingerprint density at radius 3 is 2.25 bits per heavy atom. The van der Waals surface area contributed by atoms with Crippen LogP contribution in [0.4, 0.5) is 4.39 Å². The third-order valence-electron chi connectivity index (χ3n) is 5.35. The highest BCUT2D eigenvalue weighted by Crippen LogP contribution is 2.24. The first-order chi connectivity index (χ1) is 15.1. The SMILES string of the molecule is CCCCNC(=O)C(C)N(Cc1ccc(F)cc1)C(=O)COc1ccc(C(C)(C)C)cc1. The number of benzene rings is 2. The van der Waals surface area contributed by atoms with Gasteiger partial charge in [-0.1, -0.05) is 58.4 Å². The zero-order chi connectivity index (χ0) is 23.7. The fourth-order valence-electron chi connectivity index (χ4n) is 3.18. The molecule has 0 saturated carbocycles. The van der Waals surface area contributed by atoms with Gasteiger partial charge in [-0.15, -0.1) is 0 Å². The number of carbonyl (C=O) groups excluding carboxylic acids is 2. The summed E-state index contributed by atoms with van der Waals surface area (Å²) >= 11 is 0. The first-order valence-electron chi connectivity index (χ1n) is 11.2. The molecule has 32 heavy (non-hydrogen) atoms. The third kappa shape index (κ3) is 7.66. The van der Waals surface area contributed by atoms with Gasteiger partial charge in [0.25, 0.3) is 5.91 Å². The summed E-state index contributed by atoms with van der Waals surface area (Å²) in [6, 6.07) is 12.9. The highest BCUT2D eigenvalue weighted by molar-refractivity contribution is 5.87. The maximum atomic E-state index is 13.3. The number of hydrogen-bond acceptors (Lipinski definition) is 3. The van der Waals surface area contributed by atoms with Crippen LogP contribution in [0.1, 0.15) is 58.6 Å². The maximum absolute atomic E-state index is 13.3. The maximum Gasteiger partial charge on any atom is 0.261 e. The Kier molecular flexibility index (Phi) is 9.24. The molecular formula is C26H35FN2O3. The molecule has 174 valence electrons. The van der Waals surface area contributed by atoms with Gasteiger partial charge in [0.1, 0.15) is 17.6 Å². The third-order valence-corrected chi connectivity index (χ3v) is 5.35.